The van der Waals surface area contributed by atoms with Crippen molar-refractivity contribution in [2.24, 2.45) is 0 Å². The van der Waals surface area contributed by atoms with Gasteiger partial charge in [-0.15, -0.1) is 6.58 Å². The number of rotatable bonds is 4. The number of esters is 1. The fourth-order valence-corrected chi connectivity index (χ4v) is 2.99. The molecule has 1 fully saturated rings. The minimum atomic E-state index is -1.07. The number of hydrogen-bond acceptors (Lipinski definition) is 3. The molecule has 122 valence electrons. The van der Waals surface area contributed by atoms with Crippen LogP contribution in [0.5, 0.6) is 0 Å². The maximum absolute atomic E-state index is 13.1. The standard InChI is InChI=1S/C20H19NO3/c1-3-14-20(2)19(23)24-18(16-12-8-5-9-13-16)21(20)17(22)15-10-6-4-7-11-15/h3-13,18H,1,14H2,2H3/t18-,20-/m0/s1. The Kier molecular flexibility index (Phi) is 4.21. The third-order valence-corrected chi connectivity index (χ3v) is 4.29. The fourth-order valence-electron chi connectivity index (χ4n) is 2.99. The second kappa shape index (κ2) is 6.32. The van der Waals surface area contributed by atoms with E-state index in [-0.39, 0.29) is 5.91 Å². The summed E-state index contributed by atoms with van der Waals surface area (Å²) in [5, 5.41) is 0. The van der Waals surface area contributed by atoms with Crippen molar-refractivity contribution in [1.29, 1.82) is 0 Å². The summed E-state index contributed by atoms with van der Waals surface area (Å²) in [6, 6.07) is 18.2. The van der Waals surface area contributed by atoms with E-state index in [1.54, 1.807) is 37.3 Å². The second-order valence-electron chi connectivity index (χ2n) is 5.98. The molecule has 0 radical (unpaired) electrons. The predicted octanol–water partition coefficient (Wildman–Crippen LogP) is 3.72. The molecule has 0 saturated carbocycles. The van der Waals surface area contributed by atoms with Crippen molar-refractivity contribution in [3.8, 4) is 0 Å². The van der Waals surface area contributed by atoms with Gasteiger partial charge in [-0.25, -0.2) is 4.79 Å². The summed E-state index contributed by atoms with van der Waals surface area (Å²) in [6.45, 7) is 5.45. The Hall–Kier alpha value is -2.88. The van der Waals surface area contributed by atoms with Crippen molar-refractivity contribution < 1.29 is 14.3 Å². The van der Waals surface area contributed by atoms with Gasteiger partial charge in [-0.05, 0) is 25.5 Å². The molecule has 0 N–H and O–H groups in total. The van der Waals surface area contributed by atoms with Gasteiger partial charge < -0.3 is 4.74 Å². The lowest BCUT2D eigenvalue weighted by Crippen LogP contribution is -2.49. The van der Waals surface area contributed by atoms with Crippen LogP contribution in [0.3, 0.4) is 0 Å². The molecule has 0 aromatic heterocycles. The van der Waals surface area contributed by atoms with Gasteiger partial charge in [0, 0.05) is 11.1 Å². The molecule has 1 heterocycles. The van der Waals surface area contributed by atoms with Crippen LogP contribution >= 0.6 is 0 Å². The molecule has 4 nitrogen and oxygen atoms in total. The molecule has 2 aromatic carbocycles. The summed E-state index contributed by atoms with van der Waals surface area (Å²) in [5.41, 5.74) is 0.213. The average Bonchev–Trinajstić information content (AvgIpc) is 2.87. The maximum atomic E-state index is 13.1. The number of nitrogens with zero attached hydrogens (tertiary/aromatic N) is 1. The lowest BCUT2D eigenvalue weighted by Gasteiger charge is -2.33. The van der Waals surface area contributed by atoms with Gasteiger partial charge in [-0.2, -0.15) is 0 Å². The molecule has 24 heavy (non-hydrogen) atoms. The summed E-state index contributed by atoms with van der Waals surface area (Å²) in [4.78, 5) is 27.2. The quantitative estimate of drug-likeness (QED) is 0.637. The van der Waals surface area contributed by atoms with Crippen LogP contribution in [0.1, 0.15) is 35.5 Å². The number of ether oxygens (including phenoxy) is 1. The van der Waals surface area contributed by atoms with E-state index in [4.69, 9.17) is 4.74 Å². The zero-order valence-corrected chi connectivity index (χ0v) is 13.5. The number of cyclic esters (lactones) is 1. The van der Waals surface area contributed by atoms with E-state index in [9.17, 15) is 9.59 Å². The van der Waals surface area contributed by atoms with Crippen LogP contribution in [-0.2, 0) is 9.53 Å². The van der Waals surface area contributed by atoms with E-state index >= 15 is 0 Å². The van der Waals surface area contributed by atoms with Gasteiger partial charge in [0.1, 0.15) is 5.54 Å². The molecule has 3 rings (SSSR count). The van der Waals surface area contributed by atoms with E-state index in [1.807, 2.05) is 36.4 Å². The molecule has 1 aliphatic rings. The molecule has 2 aromatic rings. The summed E-state index contributed by atoms with van der Waals surface area (Å²) in [7, 11) is 0. The molecule has 0 bridgehead atoms. The molecular formula is C20H19NO3. The van der Waals surface area contributed by atoms with Gasteiger partial charge in [-0.3, -0.25) is 9.69 Å². The summed E-state index contributed by atoms with van der Waals surface area (Å²) >= 11 is 0. The molecule has 0 unspecified atom stereocenters. The van der Waals surface area contributed by atoms with Crippen LogP contribution in [0, 0.1) is 0 Å². The Morgan fingerprint density at radius 3 is 2.33 bits per heavy atom. The minimum Gasteiger partial charge on any atom is -0.435 e. The van der Waals surface area contributed by atoms with Crippen LogP contribution < -0.4 is 0 Å². The highest BCUT2D eigenvalue weighted by Crippen LogP contribution is 2.41. The summed E-state index contributed by atoms with van der Waals surface area (Å²) < 4.78 is 5.59. The van der Waals surface area contributed by atoms with E-state index in [0.717, 1.165) is 5.56 Å². The van der Waals surface area contributed by atoms with Gasteiger partial charge in [-0.1, -0.05) is 54.6 Å². The first kappa shape index (κ1) is 16.0. The largest absolute Gasteiger partial charge is 0.435 e. The molecule has 1 amide bonds. The van der Waals surface area contributed by atoms with Gasteiger partial charge >= 0.3 is 5.97 Å². The number of carbonyl (C=O) groups is 2. The van der Waals surface area contributed by atoms with Crippen LogP contribution in [0.25, 0.3) is 0 Å². The first-order valence-corrected chi connectivity index (χ1v) is 7.83. The van der Waals surface area contributed by atoms with Crippen molar-refractivity contribution in [3.05, 3.63) is 84.4 Å². The zero-order valence-electron chi connectivity index (χ0n) is 13.5. The Morgan fingerprint density at radius 1 is 1.17 bits per heavy atom. The summed E-state index contributed by atoms with van der Waals surface area (Å²) in [6.07, 6.45) is 1.23. The van der Waals surface area contributed by atoms with E-state index in [0.29, 0.717) is 12.0 Å². The van der Waals surface area contributed by atoms with Gasteiger partial charge in [0.05, 0.1) is 0 Å². The number of hydrogen-bond donors (Lipinski definition) is 0. The lowest BCUT2D eigenvalue weighted by atomic mass is 9.95. The van der Waals surface area contributed by atoms with Crippen LogP contribution in [0.15, 0.2) is 73.3 Å². The lowest BCUT2D eigenvalue weighted by molar-refractivity contribution is -0.145. The number of benzene rings is 2. The molecule has 1 aliphatic heterocycles. The predicted molar refractivity (Wildman–Crippen MR) is 91.1 cm³/mol. The highest BCUT2D eigenvalue weighted by molar-refractivity contribution is 5.99. The molecule has 0 spiro atoms. The van der Waals surface area contributed by atoms with Crippen molar-refractivity contribution in [3.63, 3.8) is 0 Å². The normalized spacial score (nSPS) is 23.0. The first-order chi connectivity index (χ1) is 11.6. The third kappa shape index (κ3) is 2.60. The average molecular weight is 321 g/mol. The molecule has 2 atom stereocenters. The maximum Gasteiger partial charge on any atom is 0.334 e. The third-order valence-electron chi connectivity index (χ3n) is 4.29. The van der Waals surface area contributed by atoms with Crippen LogP contribution in [-0.4, -0.2) is 22.3 Å². The first-order valence-electron chi connectivity index (χ1n) is 7.83. The van der Waals surface area contributed by atoms with Crippen molar-refractivity contribution in [2.45, 2.75) is 25.1 Å². The van der Waals surface area contributed by atoms with E-state index in [2.05, 4.69) is 6.58 Å². The van der Waals surface area contributed by atoms with Crippen molar-refractivity contribution in [1.82, 2.24) is 4.90 Å². The fraction of sp³-hybridized carbons (Fsp3) is 0.200. The van der Waals surface area contributed by atoms with Gasteiger partial charge in [0.15, 0.2) is 0 Å². The van der Waals surface area contributed by atoms with E-state index < -0.39 is 17.7 Å². The van der Waals surface area contributed by atoms with Crippen molar-refractivity contribution >= 4 is 11.9 Å². The number of amides is 1. The Bertz CT molecular complexity index is 757. The Morgan fingerprint density at radius 2 is 1.75 bits per heavy atom. The molecule has 0 aliphatic carbocycles. The minimum absolute atomic E-state index is 0.236. The van der Waals surface area contributed by atoms with Crippen LogP contribution in [0.4, 0.5) is 0 Å². The SMILES string of the molecule is C=CC[C@@]1(C)C(=O)O[C@@H](c2ccccc2)N1C(=O)c1ccccc1. The molecule has 4 heteroatoms. The number of carbonyl (C=O) groups excluding carboxylic acids is 2. The van der Waals surface area contributed by atoms with E-state index in [1.165, 1.54) is 4.90 Å². The second-order valence-corrected chi connectivity index (χ2v) is 5.98. The van der Waals surface area contributed by atoms with Crippen molar-refractivity contribution in [2.75, 3.05) is 0 Å². The Labute approximate surface area is 141 Å². The Balaban J connectivity index is 2.08. The summed E-state index contributed by atoms with van der Waals surface area (Å²) in [5.74, 6) is -0.653. The van der Waals surface area contributed by atoms with Crippen LogP contribution in [0.2, 0.25) is 0 Å². The smallest absolute Gasteiger partial charge is 0.334 e. The monoisotopic (exact) mass is 321 g/mol. The highest BCUT2D eigenvalue weighted by atomic mass is 16.6. The molecular weight excluding hydrogens is 302 g/mol. The molecule has 1 saturated heterocycles. The van der Waals surface area contributed by atoms with Gasteiger partial charge in [0.25, 0.3) is 5.91 Å². The topological polar surface area (TPSA) is 46.6 Å². The zero-order chi connectivity index (χ0) is 17.2. The highest BCUT2D eigenvalue weighted by Gasteiger charge is 2.54. The van der Waals surface area contributed by atoms with Gasteiger partial charge in [0.2, 0.25) is 6.23 Å².